The fraction of sp³-hybridized carbons (Fsp3) is 0.500. The lowest BCUT2D eigenvalue weighted by Crippen LogP contribution is -2.40. The maximum atomic E-state index is 13.8. The fourth-order valence-corrected chi connectivity index (χ4v) is 4.42. The van der Waals surface area contributed by atoms with Crippen molar-refractivity contribution in [3.05, 3.63) is 27.4 Å². The molecular weight excluding hydrogens is 371 g/mol. The number of sulfonamides is 1. The number of hydrogen-bond donors (Lipinski definition) is 2. The van der Waals surface area contributed by atoms with Gasteiger partial charge in [-0.15, -0.1) is 0 Å². The number of rotatable bonds is 4. The minimum atomic E-state index is -3.94. The third-order valence-corrected chi connectivity index (χ3v) is 6.23. The van der Waals surface area contributed by atoms with E-state index >= 15 is 0 Å². The number of benzene rings is 1. The van der Waals surface area contributed by atoms with Gasteiger partial charge in [-0.2, -0.15) is 0 Å². The summed E-state index contributed by atoms with van der Waals surface area (Å²) in [6.45, 7) is 0.413. The molecule has 1 aromatic rings. The summed E-state index contributed by atoms with van der Waals surface area (Å²) in [5, 5.41) is 0.147. The van der Waals surface area contributed by atoms with E-state index in [1.165, 1.54) is 0 Å². The molecule has 4 nitrogen and oxygen atoms in total. The van der Waals surface area contributed by atoms with Gasteiger partial charge >= 0.3 is 0 Å². The molecule has 0 spiro atoms. The topological polar surface area (TPSA) is 72.2 Å². The van der Waals surface area contributed by atoms with Crippen molar-refractivity contribution >= 4 is 37.6 Å². The van der Waals surface area contributed by atoms with Crippen LogP contribution in [0.3, 0.4) is 0 Å². The lowest BCUT2D eigenvalue weighted by Gasteiger charge is -2.19. The van der Waals surface area contributed by atoms with Crippen LogP contribution >= 0.6 is 27.5 Å². The van der Waals surface area contributed by atoms with Crippen LogP contribution < -0.4 is 10.5 Å². The van der Waals surface area contributed by atoms with Gasteiger partial charge in [-0.1, -0.05) is 18.0 Å². The maximum Gasteiger partial charge on any atom is 0.243 e. The van der Waals surface area contributed by atoms with Gasteiger partial charge in [-0.05, 0) is 53.4 Å². The summed E-state index contributed by atoms with van der Waals surface area (Å²) in [5.41, 5.74) is 5.62. The van der Waals surface area contributed by atoms with Crippen LogP contribution in [0, 0.1) is 11.7 Å². The molecular formula is C12H15BrClFN2O2S. The van der Waals surface area contributed by atoms with Crippen LogP contribution in [0.4, 0.5) is 4.39 Å². The molecule has 8 heteroatoms. The third kappa shape index (κ3) is 3.33. The molecule has 1 aliphatic carbocycles. The Hall–Kier alpha value is -0.210. The lowest BCUT2D eigenvalue weighted by atomic mass is 10.1. The van der Waals surface area contributed by atoms with Gasteiger partial charge in [-0.25, -0.2) is 17.5 Å². The van der Waals surface area contributed by atoms with E-state index in [0.29, 0.717) is 17.4 Å². The predicted octanol–water partition coefficient (Wildman–Crippen LogP) is 2.65. The maximum absolute atomic E-state index is 13.8. The molecule has 0 radical (unpaired) electrons. The zero-order valence-electron chi connectivity index (χ0n) is 10.6. The molecule has 1 aromatic carbocycles. The number of halogens is 3. The second-order valence-corrected chi connectivity index (χ2v) is 7.80. The second-order valence-electron chi connectivity index (χ2n) is 4.85. The van der Waals surface area contributed by atoms with E-state index in [9.17, 15) is 12.8 Å². The minimum Gasteiger partial charge on any atom is -0.330 e. The second kappa shape index (κ2) is 6.27. The third-order valence-electron chi connectivity index (χ3n) is 3.53. The van der Waals surface area contributed by atoms with E-state index in [-0.39, 0.29) is 17.0 Å². The normalized spacial score (nSPS) is 23.2. The quantitative estimate of drug-likeness (QED) is 0.783. The molecule has 2 atom stereocenters. The summed E-state index contributed by atoms with van der Waals surface area (Å²) in [4.78, 5) is -0.437. The van der Waals surface area contributed by atoms with Gasteiger partial charge < -0.3 is 5.73 Å². The number of nitrogens with one attached hydrogen (secondary N) is 1. The first kappa shape index (κ1) is 16.2. The van der Waals surface area contributed by atoms with E-state index < -0.39 is 20.7 Å². The summed E-state index contributed by atoms with van der Waals surface area (Å²) in [7, 11) is -3.94. The highest BCUT2D eigenvalue weighted by Crippen LogP contribution is 2.30. The molecule has 112 valence electrons. The molecule has 0 aromatic heterocycles. The Morgan fingerprint density at radius 1 is 1.45 bits per heavy atom. The molecule has 1 fully saturated rings. The van der Waals surface area contributed by atoms with E-state index in [4.69, 9.17) is 17.3 Å². The smallest absolute Gasteiger partial charge is 0.243 e. The zero-order valence-corrected chi connectivity index (χ0v) is 13.7. The molecule has 0 aliphatic heterocycles. The van der Waals surface area contributed by atoms with Gasteiger partial charge in [0.15, 0.2) is 0 Å². The summed E-state index contributed by atoms with van der Waals surface area (Å²) >= 11 is 8.89. The molecule has 2 unspecified atom stereocenters. The molecule has 0 bridgehead atoms. The first-order valence-corrected chi connectivity index (χ1v) is 8.87. The average molecular weight is 386 g/mol. The molecule has 3 N–H and O–H groups in total. The zero-order chi connectivity index (χ0) is 14.9. The predicted molar refractivity (Wildman–Crippen MR) is 79.6 cm³/mol. The van der Waals surface area contributed by atoms with Crippen molar-refractivity contribution in [1.29, 1.82) is 0 Å². The Kier molecular flexibility index (Phi) is 5.07. The lowest BCUT2D eigenvalue weighted by molar-refractivity contribution is 0.451. The van der Waals surface area contributed by atoms with Gasteiger partial charge in [0, 0.05) is 10.5 Å². The van der Waals surface area contributed by atoms with Crippen molar-refractivity contribution in [2.75, 3.05) is 6.54 Å². The molecule has 0 amide bonds. The highest BCUT2D eigenvalue weighted by molar-refractivity contribution is 9.10. The van der Waals surface area contributed by atoms with Crippen molar-refractivity contribution in [2.45, 2.75) is 30.2 Å². The Bertz CT molecular complexity index is 612. The highest BCUT2D eigenvalue weighted by Gasteiger charge is 2.31. The highest BCUT2D eigenvalue weighted by atomic mass is 79.9. The van der Waals surface area contributed by atoms with Gasteiger partial charge in [0.1, 0.15) is 10.7 Å². The monoisotopic (exact) mass is 384 g/mol. The van der Waals surface area contributed by atoms with Crippen molar-refractivity contribution in [2.24, 2.45) is 11.7 Å². The SMILES string of the molecule is NCC1CCCC1NS(=O)(=O)c1cc(Cl)c(Br)cc1F. The first-order chi connectivity index (χ1) is 9.35. The van der Waals surface area contributed by atoms with Crippen LogP contribution in [-0.2, 0) is 10.0 Å². The largest absolute Gasteiger partial charge is 0.330 e. The van der Waals surface area contributed by atoms with Gasteiger partial charge in [0.25, 0.3) is 0 Å². The number of nitrogens with two attached hydrogens (primary N) is 1. The van der Waals surface area contributed by atoms with E-state index in [0.717, 1.165) is 25.0 Å². The summed E-state index contributed by atoms with van der Waals surface area (Å²) in [5.74, 6) is -0.741. The fourth-order valence-electron chi connectivity index (χ4n) is 2.45. The Balaban J connectivity index is 2.29. The van der Waals surface area contributed by atoms with Crippen LogP contribution in [0.25, 0.3) is 0 Å². The van der Waals surface area contributed by atoms with Crippen LogP contribution in [-0.4, -0.2) is 21.0 Å². The molecule has 1 aliphatic rings. The van der Waals surface area contributed by atoms with E-state index in [2.05, 4.69) is 20.7 Å². The summed E-state index contributed by atoms with van der Waals surface area (Å²) in [6, 6.07) is 1.91. The standard InChI is InChI=1S/C12H15BrClFN2O2S/c13-8-4-10(15)12(5-9(8)14)20(18,19)17-11-3-1-2-7(11)6-16/h4-5,7,11,17H,1-3,6,16H2. The van der Waals surface area contributed by atoms with Crippen LogP contribution in [0.1, 0.15) is 19.3 Å². The Morgan fingerprint density at radius 3 is 2.80 bits per heavy atom. The Morgan fingerprint density at radius 2 is 2.15 bits per heavy atom. The molecule has 1 saturated carbocycles. The first-order valence-electron chi connectivity index (χ1n) is 6.22. The van der Waals surface area contributed by atoms with Gasteiger partial charge in [-0.3, -0.25) is 0 Å². The summed E-state index contributed by atoms with van der Waals surface area (Å²) in [6.07, 6.45) is 2.51. The van der Waals surface area contributed by atoms with Crippen molar-refractivity contribution < 1.29 is 12.8 Å². The molecule has 0 heterocycles. The molecule has 20 heavy (non-hydrogen) atoms. The molecule has 2 rings (SSSR count). The van der Waals surface area contributed by atoms with Crippen molar-refractivity contribution in [1.82, 2.24) is 4.72 Å². The van der Waals surface area contributed by atoms with Crippen molar-refractivity contribution in [3.63, 3.8) is 0 Å². The van der Waals surface area contributed by atoms with Crippen molar-refractivity contribution in [3.8, 4) is 0 Å². The number of hydrogen-bond acceptors (Lipinski definition) is 3. The minimum absolute atomic E-state index is 0.0961. The Labute approximate surface area is 131 Å². The van der Waals surface area contributed by atoms with Gasteiger partial charge in [0.05, 0.1) is 5.02 Å². The van der Waals surface area contributed by atoms with Crippen LogP contribution in [0.5, 0.6) is 0 Å². The van der Waals surface area contributed by atoms with E-state index in [1.54, 1.807) is 0 Å². The van der Waals surface area contributed by atoms with Crippen LogP contribution in [0.15, 0.2) is 21.5 Å². The van der Waals surface area contributed by atoms with Gasteiger partial charge in [0.2, 0.25) is 10.0 Å². The van der Waals surface area contributed by atoms with Crippen LogP contribution in [0.2, 0.25) is 5.02 Å². The average Bonchev–Trinajstić information content (AvgIpc) is 2.80. The molecule has 0 saturated heterocycles. The van der Waals surface area contributed by atoms with E-state index in [1.807, 2.05) is 0 Å². The summed E-state index contributed by atoms with van der Waals surface area (Å²) < 4.78 is 41.2.